The van der Waals surface area contributed by atoms with Crippen LogP contribution in [0.15, 0.2) is 36.4 Å². The Morgan fingerprint density at radius 3 is 2.53 bits per heavy atom. The Kier molecular flexibility index (Phi) is 4.05. The van der Waals surface area contributed by atoms with Crippen molar-refractivity contribution in [1.82, 2.24) is 0 Å². The van der Waals surface area contributed by atoms with Gasteiger partial charge in [-0.15, -0.1) is 0 Å². The third kappa shape index (κ3) is 2.87. The number of fused-ring (bicyclic) bond motifs is 1. The summed E-state index contributed by atoms with van der Waals surface area (Å²) < 4.78 is 10.7. The Bertz CT molecular complexity index is 590. The number of hydrogen-bond donors (Lipinski definition) is 0. The molecule has 0 N–H and O–H groups in total. The molecule has 2 rings (SSSR count). The molecular formula is C16H18O3. The molecule has 0 aromatic heterocycles. The van der Waals surface area contributed by atoms with Crippen LogP contribution in [0, 0.1) is 6.92 Å². The lowest BCUT2D eigenvalue weighted by atomic mass is 10.0. The van der Waals surface area contributed by atoms with E-state index in [1.54, 1.807) is 13.8 Å². The minimum atomic E-state index is -0.605. The summed E-state index contributed by atoms with van der Waals surface area (Å²) in [5.41, 5.74) is 1.19. The van der Waals surface area contributed by atoms with Gasteiger partial charge in [0.1, 0.15) is 5.75 Å². The molecule has 2 aromatic rings. The predicted molar refractivity (Wildman–Crippen MR) is 75.4 cm³/mol. The van der Waals surface area contributed by atoms with Crippen LogP contribution in [0.3, 0.4) is 0 Å². The van der Waals surface area contributed by atoms with Gasteiger partial charge in [0.25, 0.3) is 0 Å². The SMILES string of the molecule is CCOC(=O)C(C)Oc1ccc(C)c2ccccc12. The van der Waals surface area contributed by atoms with E-state index in [4.69, 9.17) is 9.47 Å². The molecule has 0 amide bonds. The number of carbonyl (C=O) groups excluding carboxylic acids is 1. The molecule has 0 spiro atoms. The highest BCUT2D eigenvalue weighted by molar-refractivity contribution is 5.91. The molecule has 0 fully saturated rings. The minimum Gasteiger partial charge on any atom is -0.478 e. The van der Waals surface area contributed by atoms with Crippen LogP contribution in [0.2, 0.25) is 0 Å². The molecule has 1 atom stereocenters. The highest BCUT2D eigenvalue weighted by atomic mass is 16.6. The molecule has 19 heavy (non-hydrogen) atoms. The third-order valence-electron chi connectivity index (χ3n) is 3.02. The Morgan fingerprint density at radius 2 is 1.84 bits per heavy atom. The Labute approximate surface area is 113 Å². The Balaban J connectivity index is 2.31. The van der Waals surface area contributed by atoms with E-state index in [1.165, 1.54) is 5.56 Å². The number of esters is 1. The van der Waals surface area contributed by atoms with Gasteiger partial charge in [0.05, 0.1) is 6.61 Å². The zero-order valence-corrected chi connectivity index (χ0v) is 11.5. The summed E-state index contributed by atoms with van der Waals surface area (Å²) in [6.07, 6.45) is -0.605. The summed E-state index contributed by atoms with van der Waals surface area (Å²) in [4.78, 5) is 11.6. The van der Waals surface area contributed by atoms with Crippen molar-refractivity contribution in [2.45, 2.75) is 26.9 Å². The standard InChI is InChI=1S/C16H18O3/c1-4-18-16(17)12(3)19-15-10-9-11(2)13-7-5-6-8-14(13)15/h5-10,12H,4H2,1-3H3. The van der Waals surface area contributed by atoms with Gasteiger partial charge in [-0.25, -0.2) is 4.79 Å². The summed E-state index contributed by atoms with van der Waals surface area (Å²) in [7, 11) is 0. The number of aryl methyl sites for hydroxylation is 1. The van der Waals surface area contributed by atoms with Gasteiger partial charge in [-0.05, 0) is 37.8 Å². The summed E-state index contributed by atoms with van der Waals surface area (Å²) in [6, 6.07) is 11.9. The second-order valence-electron chi connectivity index (χ2n) is 4.44. The van der Waals surface area contributed by atoms with Gasteiger partial charge in [0.2, 0.25) is 0 Å². The number of hydrogen-bond acceptors (Lipinski definition) is 3. The van der Waals surface area contributed by atoms with Crippen molar-refractivity contribution in [3.8, 4) is 5.75 Å². The minimum absolute atomic E-state index is 0.341. The second kappa shape index (κ2) is 5.74. The number of rotatable bonds is 4. The van der Waals surface area contributed by atoms with Crippen molar-refractivity contribution in [2.24, 2.45) is 0 Å². The number of carbonyl (C=O) groups is 1. The van der Waals surface area contributed by atoms with Crippen LogP contribution >= 0.6 is 0 Å². The molecule has 3 nitrogen and oxygen atoms in total. The predicted octanol–water partition coefficient (Wildman–Crippen LogP) is 3.48. The number of benzene rings is 2. The van der Waals surface area contributed by atoms with Crippen LogP contribution in [0.5, 0.6) is 5.75 Å². The monoisotopic (exact) mass is 258 g/mol. The average molecular weight is 258 g/mol. The molecule has 1 unspecified atom stereocenters. The summed E-state index contributed by atoms with van der Waals surface area (Å²) in [6.45, 7) is 5.90. The molecule has 0 heterocycles. The molecule has 2 aromatic carbocycles. The van der Waals surface area contributed by atoms with E-state index < -0.39 is 6.10 Å². The van der Waals surface area contributed by atoms with Crippen molar-refractivity contribution in [1.29, 1.82) is 0 Å². The molecule has 0 aliphatic rings. The second-order valence-corrected chi connectivity index (χ2v) is 4.44. The fourth-order valence-corrected chi connectivity index (χ4v) is 2.02. The third-order valence-corrected chi connectivity index (χ3v) is 3.02. The van der Waals surface area contributed by atoms with Crippen LogP contribution in [0.1, 0.15) is 19.4 Å². The van der Waals surface area contributed by atoms with Gasteiger partial charge >= 0.3 is 5.97 Å². The van der Waals surface area contributed by atoms with Crippen molar-refractivity contribution < 1.29 is 14.3 Å². The fraction of sp³-hybridized carbons (Fsp3) is 0.312. The quantitative estimate of drug-likeness (QED) is 0.788. The van der Waals surface area contributed by atoms with E-state index in [-0.39, 0.29) is 5.97 Å². The zero-order chi connectivity index (χ0) is 13.8. The lowest BCUT2D eigenvalue weighted by Crippen LogP contribution is -2.26. The van der Waals surface area contributed by atoms with Crippen molar-refractivity contribution in [3.05, 3.63) is 42.0 Å². The summed E-state index contributed by atoms with van der Waals surface area (Å²) in [5, 5.41) is 2.15. The molecule has 0 bridgehead atoms. The molecule has 0 saturated heterocycles. The lowest BCUT2D eigenvalue weighted by Gasteiger charge is -2.15. The maximum atomic E-state index is 11.6. The molecular weight excluding hydrogens is 240 g/mol. The van der Waals surface area contributed by atoms with Crippen molar-refractivity contribution in [2.75, 3.05) is 6.61 Å². The zero-order valence-electron chi connectivity index (χ0n) is 11.5. The van der Waals surface area contributed by atoms with Gasteiger partial charge in [-0.1, -0.05) is 30.3 Å². The normalized spacial score (nSPS) is 12.2. The van der Waals surface area contributed by atoms with Gasteiger partial charge in [0.15, 0.2) is 6.10 Å². The molecule has 0 aliphatic heterocycles. The topological polar surface area (TPSA) is 35.5 Å². The fourth-order valence-electron chi connectivity index (χ4n) is 2.02. The van der Waals surface area contributed by atoms with E-state index in [9.17, 15) is 4.79 Å². The Morgan fingerprint density at radius 1 is 1.16 bits per heavy atom. The van der Waals surface area contributed by atoms with E-state index in [0.29, 0.717) is 12.4 Å². The van der Waals surface area contributed by atoms with Crippen LogP contribution in [-0.4, -0.2) is 18.7 Å². The van der Waals surface area contributed by atoms with Gasteiger partial charge in [-0.3, -0.25) is 0 Å². The molecule has 0 aliphatic carbocycles. The van der Waals surface area contributed by atoms with Crippen LogP contribution in [-0.2, 0) is 9.53 Å². The molecule has 100 valence electrons. The number of ether oxygens (including phenoxy) is 2. The van der Waals surface area contributed by atoms with E-state index in [0.717, 1.165) is 10.8 Å². The first kappa shape index (κ1) is 13.4. The summed E-state index contributed by atoms with van der Waals surface area (Å²) >= 11 is 0. The maximum Gasteiger partial charge on any atom is 0.347 e. The van der Waals surface area contributed by atoms with E-state index in [2.05, 4.69) is 6.92 Å². The average Bonchev–Trinajstić information content (AvgIpc) is 2.42. The summed E-state index contributed by atoms with van der Waals surface area (Å²) in [5.74, 6) is 0.369. The van der Waals surface area contributed by atoms with Crippen LogP contribution in [0.4, 0.5) is 0 Å². The smallest absolute Gasteiger partial charge is 0.347 e. The molecule has 0 saturated carbocycles. The highest BCUT2D eigenvalue weighted by Crippen LogP contribution is 2.28. The van der Waals surface area contributed by atoms with Gasteiger partial charge < -0.3 is 9.47 Å². The van der Waals surface area contributed by atoms with Gasteiger partial charge in [0, 0.05) is 5.39 Å². The van der Waals surface area contributed by atoms with Gasteiger partial charge in [-0.2, -0.15) is 0 Å². The Hall–Kier alpha value is -2.03. The first-order valence-electron chi connectivity index (χ1n) is 6.45. The van der Waals surface area contributed by atoms with E-state index >= 15 is 0 Å². The van der Waals surface area contributed by atoms with E-state index in [1.807, 2.05) is 36.4 Å². The largest absolute Gasteiger partial charge is 0.478 e. The maximum absolute atomic E-state index is 11.6. The molecule has 3 heteroatoms. The van der Waals surface area contributed by atoms with Crippen molar-refractivity contribution >= 4 is 16.7 Å². The van der Waals surface area contributed by atoms with Crippen LogP contribution in [0.25, 0.3) is 10.8 Å². The molecule has 0 radical (unpaired) electrons. The first-order valence-corrected chi connectivity index (χ1v) is 6.45. The lowest BCUT2D eigenvalue weighted by molar-refractivity contribution is -0.150. The van der Waals surface area contributed by atoms with Crippen molar-refractivity contribution in [3.63, 3.8) is 0 Å². The first-order chi connectivity index (χ1) is 9.13. The van der Waals surface area contributed by atoms with Crippen LogP contribution < -0.4 is 4.74 Å². The highest BCUT2D eigenvalue weighted by Gasteiger charge is 2.17.